The van der Waals surface area contributed by atoms with Crippen molar-refractivity contribution in [1.29, 1.82) is 0 Å². The van der Waals surface area contributed by atoms with E-state index >= 15 is 0 Å². The van der Waals surface area contributed by atoms with Gasteiger partial charge in [0.25, 0.3) is 0 Å². The molecule has 0 fully saturated rings. The Morgan fingerprint density at radius 2 is 1.50 bits per heavy atom. The molecule has 6 heteroatoms. The number of anilines is 1. The number of rotatable bonds is 5. The number of hydrogen-bond acceptors (Lipinski definition) is 3. The lowest BCUT2D eigenvalue weighted by Gasteiger charge is -2.07. The first-order valence-electron chi connectivity index (χ1n) is 7.88. The average Bonchev–Trinajstić information content (AvgIpc) is 2.66. The van der Waals surface area contributed by atoms with Gasteiger partial charge < -0.3 is 10.1 Å². The second-order valence-electron chi connectivity index (χ2n) is 5.32. The van der Waals surface area contributed by atoms with Crippen molar-refractivity contribution in [3.63, 3.8) is 0 Å². The van der Waals surface area contributed by atoms with Gasteiger partial charge in [0.2, 0.25) is 0 Å². The molecule has 0 saturated carbocycles. The Hall–Kier alpha value is -2.70. The largest absolute Gasteiger partial charge is 0.457 e. The summed E-state index contributed by atoms with van der Waals surface area (Å²) < 4.78 is 6.80. The smallest absolute Gasteiger partial charge is 0.191 e. The number of nitrogens with one attached hydrogen (secondary N) is 2. The van der Waals surface area contributed by atoms with Gasteiger partial charge in [0.1, 0.15) is 11.5 Å². The van der Waals surface area contributed by atoms with Gasteiger partial charge in [0, 0.05) is 10.2 Å². The van der Waals surface area contributed by atoms with Crippen LogP contribution in [0.2, 0.25) is 0 Å². The molecule has 0 spiro atoms. The summed E-state index contributed by atoms with van der Waals surface area (Å²) in [4.78, 5) is 0. The Morgan fingerprint density at radius 1 is 0.885 bits per heavy atom. The summed E-state index contributed by atoms with van der Waals surface area (Å²) in [6.07, 6.45) is 1.70. The standard InChI is InChI=1S/C20H16BrN3OS/c21-16-8-12-19(13-9-16)25-18-10-6-15(7-11-18)14-22-24-20(26)23-17-4-2-1-3-5-17/h1-14H,(H2,23,24,26)/b22-14+. The molecule has 0 aromatic heterocycles. The zero-order valence-electron chi connectivity index (χ0n) is 13.7. The SMILES string of the molecule is S=C(N/N=C/c1ccc(Oc2ccc(Br)cc2)cc1)Nc1ccccc1. The highest BCUT2D eigenvalue weighted by molar-refractivity contribution is 9.10. The van der Waals surface area contributed by atoms with Crippen molar-refractivity contribution in [1.82, 2.24) is 5.43 Å². The summed E-state index contributed by atoms with van der Waals surface area (Å²) in [6, 6.07) is 25.0. The molecule has 26 heavy (non-hydrogen) atoms. The number of thiocarbonyl (C=S) groups is 1. The highest BCUT2D eigenvalue weighted by atomic mass is 79.9. The Kier molecular flexibility index (Phi) is 6.35. The van der Waals surface area contributed by atoms with Crippen LogP contribution in [0.3, 0.4) is 0 Å². The van der Waals surface area contributed by atoms with E-state index in [9.17, 15) is 0 Å². The first-order chi connectivity index (χ1) is 12.7. The molecule has 0 unspecified atom stereocenters. The zero-order valence-corrected chi connectivity index (χ0v) is 16.1. The van der Waals surface area contributed by atoms with Crippen molar-refractivity contribution < 1.29 is 4.74 Å². The molecule has 0 atom stereocenters. The fourth-order valence-electron chi connectivity index (χ4n) is 2.11. The van der Waals surface area contributed by atoms with Crippen molar-refractivity contribution in [2.75, 3.05) is 5.32 Å². The molecule has 0 heterocycles. The van der Waals surface area contributed by atoms with Crippen LogP contribution in [-0.4, -0.2) is 11.3 Å². The summed E-state index contributed by atoms with van der Waals surface area (Å²) in [7, 11) is 0. The molecule has 0 saturated heterocycles. The Labute approximate surface area is 166 Å². The molecular weight excluding hydrogens is 410 g/mol. The molecule has 2 N–H and O–H groups in total. The van der Waals surface area contributed by atoms with Crippen molar-refractivity contribution in [3.05, 3.63) is 88.9 Å². The van der Waals surface area contributed by atoms with E-state index in [4.69, 9.17) is 17.0 Å². The van der Waals surface area contributed by atoms with Gasteiger partial charge in [-0.2, -0.15) is 5.10 Å². The van der Waals surface area contributed by atoms with Crippen molar-refractivity contribution in [2.45, 2.75) is 0 Å². The highest BCUT2D eigenvalue weighted by Crippen LogP contribution is 2.23. The molecule has 3 aromatic carbocycles. The lowest BCUT2D eigenvalue weighted by atomic mass is 10.2. The fraction of sp³-hybridized carbons (Fsp3) is 0. The zero-order chi connectivity index (χ0) is 18.2. The van der Waals surface area contributed by atoms with E-state index in [1.165, 1.54) is 0 Å². The molecule has 0 aliphatic heterocycles. The third-order valence-corrected chi connectivity index (χ3v) is 4.06. The van der Waals surface area contributed by atoms with Gasteiger partial charge in [-0.15, -0.1) is 0 Å². The van der Waals surface area contributed by atoms with E-state index in [1.54, 1.807) is 6.21 Å². The van der Waals surface area contributed by atoms with Crippen LogP contribution in [0.15, 0.2) is 88.4 Å². The third-order valence-electron chi connectivity index (χ3n) is 3.34. The number of ether oxygens (including phenoxy) is 1. The van der Waals surface area contributed by atoms with Crippen LogP contribution >= 0.6 is 28.1 Å². The second kappa shape index (κ2) is 9.12. The van der Waals surface area contributed by atoms with E-state index in [2.05, 4.69) is 31.8 Å². The van der Waals surface area contributed by atoms with Crippen LogP contribution in [0.5, 0.6) is 11.5 Å². The van der Waals surface area contributed by atoms with Gasteiger partial charge in [-0.3, -0.25) is 5.43 Å². The molecule has 130 valence electrons. The second-order valence-corrected chi connectivity index (χ2v) is 6.64. The Morgan fingerprint density at radius 3 is 2.15 bits per heavy atom. The fourth-order valence-corrected chi connectivity index (χ4v) is 2.54. The molecule has 3 rings (SSSR count). The van der Waals surface area contributed by atoms with Crippen LogP contribution in [0, 0.1) is 0 Å². The van der Waals surface area contributed by atoms with E-state index in [0.717, 1.165) is 27.2 Å². The van der Waals surface area contributed by atoms with E-state index in [0.29, 0.717) is 5.11 Å². The average molecular weight is 426 g/mol. The minimum atomic E-state index is 0.433. The number of benzene rings is 3. The summed E-state index contributed by atoms with van der Waals surface area (Å²) in [5.74, 6) is 1.55. The monoisotopic (exact) mass is 425 g/mol. The van der Waals surface area contributed by atoms with Crippen LogP contribution in [0.4, 0.5) is 5.69 Å². The van der Waals surface area contributed by atoms with E-state index < -0.39 is 0 Å². The predicted molar refractivity (Wildman–Crippen MR) is 114 cm³/mol. The Balaban J connectivity index is 1.51. The van der Waals surface area contributed by atoms with Gasteiger partial charge in [0.05, 0.1) is 6.21 Å². The van der Waals surface area contributed by atoms with Gasteiger partial charge >= 0.3 is 0 Å². The summed E-state index contributed by atoms with van der Waals surface area (Å²) in [5.41, 5.74) is 4.64. The van der Waals surface area contributed by atoms with E-state index in [-0.39, 0.29) is 0 Å². The normalized spacial score (nSPS) is 10.5. The number of hydrazone groups is 1. The van der Waals surface area contributed by atoms with Crippen LogP contribution in [0.1, 0.15) is 5.56 Å². The minimum absolute atomic E-state index is 0.433. The molecule has 0 aliphatic carbocycles. The maximum absolute atomic E-state index is 5.79. The molecule has 4 nitrogen and oxygen atoms in total. The predicted octanol–water partition coefficient (Wildman–Crippen LogP) is 5.56. The molecular formula is C20H16BrN3OS. The minimum Gasteiger partial charge on any atom is -0.457 e. The molecule has 0 bridgehead atoms. The van der Waals surface area contributed by atoms with Gasteiger partial charge in [-0.05, 0) is 78.4 Å². The quantitative estimate of drug-likeness (QED) is 0.319. The van der Waals surface area contributed by atoms with Crippen molar-refractivity contribution in [2.24, 2.45) is 5.10 Å². The summed E-state index contributed by atoms with van der Waals surface area (Å²) in [6.45, 7) is 0. The number of para-hydroxylation sites is 1. The van der Waals surface area contributed by atoms with Gasteiger partial charge in [-0.1, -0.05) is 34.1 Å². The molecule has 3 aromatic rings. The maximum atomic E-state index is 5.79. The van der Waals surface area contributed by atoms with E-state index in [1.807, 2.05) is 78.9 Å². The van der Waals surface area contributed by atoms with Gasteiger partial charge in [0.15, 0.2) is 5.11 Å². The molecule has 0 aliphatic rings. The number of hydrogen-bond donors (Lipinski definition) is 2. The van der Waals surface area contributed by atoms with Crippen LogP contribution in [-0.2, 0) is 0 Å². The number of halogens is 1. The van der Waals surface area contributed by atoms with Crippen molar-refractivity contribution >= 4 is 45.2 Å². The molecule has 0 amide bonds. The summed E-state index contributed by atoms with van der Waals surface area (Å²) in [5, 5.41) is 7.62. The highest BCUT2D eigenvalue weighted by Gasteiger charge is 1.98. The molecule has 0 radical (unpaired) electrons. The Bertz CT molecular complexity index is 881. The van der Waals surface area contributed by atoms with Gasteiger partial charge in [-0.25, -0.2) is 0 Å². The summed E-state index contributed by atoms with van der Waals surface area (Å²) >= 11 is 8.60. The van der Waals surface area contributed by atoms with Crippen LogP contribution in [0.25, 0.3) is 0 Å². The maximum Gasteiger partial charge on any atom is 0.191 e. The third kappa shape index (κ3) is 5.68. The topological polar surface area (TPSA) is 45.7 Å². The van der Waals surface area contributed by atoms with Crippen LogP contribution < -0.4 is 15.5 Å². The lowest BCUT2D eigenvalue weighted by Crippen LogP contribution is -2.23. The number of nitrogens with zero attached hydrogens (tertiary/aromatic N) is 1. The first kappa shape index (κ1) is 18.1. The first-order valence-corrected chi connectivity index (χ1v) is 9.08. The lowest BCUT2D eigenvalue weighted by molar-refractivity contribution is 0.482. The van der Waals surface area contributed by atoms with Crippen molar-refractivity contribution in [3.8, 4) is 11.5 Å².